The number of fused-ring (bicyclic) bond motifs is 1. The van der Waals surface area contributed by atoms with Crippen LogP contribution < -0.4 is 4.72 Å². The van der Waals surface area contributed by atoms with E-state index in [1.54, 1.807) is 24.4 Å². The van der Waals surface area contributed by atoms with Gasteiger partial charge in [-0.2, -0.15) is 0 Å². The molecule has 1 fully saturated rings. The summed E-state index contributed by atoms with van der Waals surface area (Å²) in [5.74, 6) is 0.350. The maximum Gasteiger partial charge on any atom is 0.260 e. The van der Waals surface area contributed by atoms with Crippen LogP contribution in [0.2, 0.25) is 5.15 Å². The maximum atomic E-state index is 12.6. The molecule has 2 aromatic rings. The number of sulfonamides is 1. The minimum absolute atomic E-state index is 0.00866. The number of hydrogen-bond donors (Lipinski definition) is 1. The molecule has 1 saturated carbocycles. The minimum Gasteiger partial charge on any atom is -0.288 e. The molecule has 1 aliphatic carbocycles. The van der Waals surface area contributed by atoms with Gasteiger partial charge in [0.1, 0.15) is 5.65 Å². The highest BCUT2D eigenvalue weighted by Crippen LogP contribution is 2.28. The Bertz CT molecular complexity index is 741. The van der Waals surface area contributed by atoms with E-state index in [2.05, 4.69) is 16.6 Å². The van der Waals surface area contributed by atoms with E-state index in [-0.39, 0.29) is 16.2 Å². The van der Waals surface area contributed by atoms with Crippen LogP contribution in [0.4, 0.5) is 0 Å². The molecular formula is C13H16ClN3O2S. The van der Waals surface area contributed by atoms with Gasteiger partial charge in [0, 0.05) is 12.2 Å². The minimum atomic E-state index is -3.67. The summed E-state index contributed by atoms with van der Waals surface area (Å²) in [6.45, 7) is 2.07. The van der Waals surface area contributed by atoms with Crippen molar-refractivity contribution in [3.8, 4) is 0 Å². The van der Waals surface area contributed by atoms with Gasteiger partial charge in [-0.25, -0.2) is 18.1 Å². The Labute approximate surface area is 123 Å². The third-order valence-corrected chi connectivity index (χ3v) is 5.76. The van der Waals surface area contributed by atoms with Crippen molar-refractivity contribution in [1.82, 2.24) is 14.1 Å². The molecule has 0 amide bonds. The van der Waals surface area contributed by atoms with Gasteiger partial charge in [0.2, 0.25) is 0 Å². The van der Waals surface area contributed by atoms with Crippen molar-refractivity contribution in [3.63, 3.8) is 0 Å². The first-order valence-corrected chi connectivity index (χ1v) is 8.50. The molecule has 0 aromatic carbocycles. The highest BCUT2D eigenvalue weighted by Gasteiger charge is 2.31. The van der Waals surface area contributed by atoms with E-state index < -0.39 is 10.0 Å². The van der Waals surface area contributed by atoms with Gasteiger partial charge < -0.3 is 0 Å². The largest absolute Gasteiger partial charge is 0.288 e. The van der Waals surface area contributed by atoms with Crippen molar-refractivity contribution in [1.29, 1.82) is 0 Å². The number of pyridine rings is 1. The van der Waals surface area contributed by atoms with E-state index in [0.717, 1.165) is 19.3 Å². The number of halogens is 1. The topological polar surface area (TPSA) is 63.5 Å². The molecule has 0 aliphatic heterocycles. The Balaban J connectivity index is 2.03. The van der Waals surface area contributed by atoms with Gasteiger partial charge in [0.15, 0.2) is 10.2 Å². The van der Waals surface area contributed by atoms with Crippen LogP contribution in [0.3, 0.4) is 0 Å². The second-order valence-corrected chi connectivity index (χ2v) is 7.26. The fourth-order valence-corrected chi connectivity index (χ4v) is 4.78. The van der Waals surface area contributed by atoms with Gasteiger partial charge in [-0.3, -0.25) is 4.40 Å². The number of rotatable bonds is 3. The Morgan fingerprint density at radius 1 is 1.40 bits per heavy atom. The van der Waals surface area contributed by atoms with Crippen LogP contribution in [0.1, 0.15) is 26.2 Å². The Morgan fingerprint density at radius 3 is 2.90 bits per heavy atom. The van der Waals surface area contributed by atoms with Crippen LogP contribution in [0.15, 0.2) is 29.4 Å². The van der Waals surface area contributed by atoms with Gasteiger partial charge in [0.05, 0.1) is 0 Å². The summed E-state index contributed by atoms with van der Waals surface area (Å²) in [6, 6.07) is 5.25. The van der Waals surface area contributed by atoms with Crippen molar-refractivity contribution < 1.29 is 8.42 Å². The lowest BCUT2D eigenvalue weighted by molar-refractivity contribution is 0.475. The fourth-order valence-electron chi connectivity index (χ4n) is 2.76. The zero-order valence-electron chi connectivity index (χ0n) is 11.1. The molecule has 0 radical (unpaired) electrons. The Morgan fingerprint density at radius 2 is 2.20 bits per heavy atom. The molecule has 1 aliphatic rings. The van der Waals surface area contributed by atoms with Gasteiger partial charge in [0.25, 0.3) is 10.0 Å². The second kappa shape index (κ2) is 5.02. The van der Waals surface area contributed by atoms with Crippen LogP contribution >= 0.6 is 11.6 Å². The summed E-state index contributed by atoms with van der Waals surface area (Å²) in [6.07, 6.45) is 4.62. The summed E-state index contributed by atoms with van der Waals surface area (Å²) in [5.41, 5.74) is 0.525. The highest BCUT2D eigenvalue weighted by atomic mass is 35.5. The first-order valence-electron chi connectivity index (χ1n) is 6.64. The van der Waals surface area contributed by atoms with E-state index in [1.165, 1.54) is 4.40 Å². The summed E-state index contributed by atoms with van der Waals surface area (Å²) in [5, 5.41) is 0.0308. The van der Waals surface area contributed by atoms with Crippen molar-refractivity contribution in [2.75, 3.05) is 0 Å². The zero-order chi connectivity index (χ0) is 14.3. The normalized spacial score (nSPS) is 23.5. The molecule has 0 bridgehead atoms. The van der Waals surface area contributed by atoms with Gasteiger partial charge >= 0.3 is 0 Å². The van der Waals surface area contributed by atoms with Crippen LogP contribution in [0.25, 0.3) is 5.65 Å². The molecule has 7 heteroatoms. The lowest BCUT2D eigenvalue weighted by Crippen LogP contribution is -2.37. The van der Waals surface area contributed by atoms with Crippen LogP contribution in [0, 0.1) is 5.92 Å². The van der Waals surface area contributed by atoms with Gasteiger partial charge in [-0.05, 0) is 30.9 Å². The Hall–Kier alpha value is -1.11. The van der Waals surface area contributed by atoms with Crippen LogP contribution in [-0.4, -0.2) is 23.8 Å². The summed E-state index contributed by atoms with van der Waals surface area (Å²) in [4.78, 5) is 4.08. The average Bonchev–Trinajstić information content (AvgIpc) is 2.92. The highest BCUT2D eigenvalue weighted by molar-refractivity contribution is 7.89. The molecule has 108 valence electrons. The first-order chi connectivity index (χ1) is 9.49. The SMILES string of the molecule is CC1CCCC1NS(=O)(=O)c1c(Cl)nc2ccccn12. The zero-order valence-corrected chi connectivity index (χ0v) is 12.7. The smallest absolute Gasteiger partial charge is 0.260 e. The van der Waals surface area contributed by atoms with Crippen molar-refractivity contribution in [2.45, 2.75) is 37.3 Å². The van der Waals surface area contributed by atoms with E-state index in [9.17, 15) is 8.42 Å². The lowest BCUT2D eigenvalue weighted by atomic mass is 10.1. The number of imidazole rings is 1. The quantitative estimate of drug-likeness (QED) is 0.946. The molecular weight excluding hydrogens is 298 g/mol. The van der Waals surface area contributed by atoms with Crippen molar-refractivity contribution in [2.24, 2.45) is 5.92 Å². The predicted octanol–water partition coefficient (Wildman–Crippen LogP) is 2.45. The molecule has 5 nitrogen and oxygen atoms in total. The predicted molar refractivity (Wildman–Crippen MR) is 77.3 cm³/mol. The third-order valence-electron chi connectivity index (χ3n) is 3.87. The number of hydrogen-bond acceptors (Lipinski definition) is 3. The van der Waals surface area contributed by atoms with E-state index >= 15 is 0 Å². The van der Waals surface area contributed by atoms with Crippen molar-refractivity contribution in [3.05, 3.63) is 29.5 Å². The standard InChI is InChI=1S/C13H16ClN3O2S/c1-9-5-4-6-10(9)16-20(18,19)13-12(14)15-11-7-2-3-8-17(11)13/h2-3,7-10,16H,4-6H2,1H3. The fraction of sp³-hybridized carbons (Fsp3) is 0.462. The summed E-state index contributed by atoms with van der Waals surface area (Å²) < 4.78 is 29.4. The average molecular weight is 314 g/mol. The number of aromatic nitrogens is 2. The first kappa shape index (κ1) is 13.9. The summed E-state index contributed by atoms with van der Waals surface area (Å²) >= 11 is 6.02. The Kier molecular flexibility index (Phi) is 3.48. The number of nitrogens with zero attached hydrogens (tertiary/aromatic N) is 2. The van der Waals surface area contributed by atoms with E-state index in [4.69, 9.17) is 11.6 Å². The molecule has 2 aromatic heterocycles. The molecule has 1 N–H and O–H groups in total. The van der Waals surface area contributed by atoms with Crippen molar-refractivity contribution >= 4 is 27.3 Å². The molecule has 2 heterocycles. The van der Waals surface area contributed by atoms with Crippen LogP contribution in [0.5, 0.6) is 0 Å². The molecule has 0 spiro atoms. The van der Waals surface area contributed by atoms with Gasteiger partial charge in [-0.15, -0.1) is 0 Å². The third kappa shape index (κ3) is 2.32. The molecule has 0 saturated heterocycles. The molecule has 20 heavy (non-hydrogen) atoms. The van der Waals surface area contributed by atoms with Crippen LogP contribution in [-0.2, 0) is 10.0 Å². The van der Waals surface area contributed by atoms with E-state index in [0.29, 0.717) is 11.6 Å². The molecule has 2 atom stereocenters. The maximum absolute atomic E-state index is 12.6. The van der Waals surface area contributed by atoms with E-state index in [1.807, 2.05) is 0 Å². The van der Waals surface area contributed by atoms with Gasteiger partial charge in [-0.1, -0.05) is 31.0 Å². The monoisotopic (exact) mass is 313 g/mol. The lowest BCUT2D eigenvalue weighted by Gasteiger charge is -2.17. The molecule has 3 rings (SSSR count). The summed E-state index contributed by atoms with van der Waals surface area (Å²) in [7, 11) is -3.67. The second-order valence-electron chi connectivity index (χ2n) is 5.27. The molecule has 2 unspecified atom stereocenters. The number of nitrogens with one attached hydrogen (secondary N) is 1.